The van der Waals surface area contributed by atoms with Gasteiger partial charge in [0.05, 0.1) is 12.9 Å². The molecule has 0 saturated heterocycles. The van der Waals surface area contributed by atoms with Gasteiger partial charge in [-0.15, -0.1) is 0 Å². The molecule has 0 radical (unpaired) electrons. The maximum Gasteiger partial charge on any atom is 0.264 e. The number of hydrogen-bond donors (Lipinski definition) is 1. The summed E-state index contributed by atoms with van der Waals surface area (Å²) in [5, 5.41) is 0. The standard InChI is InChI=1S/C13H20O4S/c1-3-11(5-4-10-18(14,15)16)12-6-8-13(17-2)9-7-12/h6-9,11H,3-5,10H2,1-2H3,(H,14,15,16). The fourth-order valence-corrected chi connectivity index (χ4v) is 2.53. The van der Waals surface area contributed by atoms with Crippen LogP contribution in [0.25, 0.3) is 0 Å². The highest BCUT2D eigenvalue weighted by Gasteiger charge is 2.11. The van der Waals surface area contributed by atoms with Crippen molar-refractivity contribution in [2.45, 2.75) is 32.1 Å². The van der Waals surface area contributed by atoms with Gasteiger partial charge in [-0.1, -0.05) is 19.1 Å². The van der Waals surface area contributed by atoms with E-state index in [9.17, 15) is 8.42 Å². The molecule has 0 aromatic heterocycles. The minimum atomic E-state index is -3.84. The number of methoxy groups -OCH3 is 1. The van der Waals surface area contributed by atoms with Crippen molar-refractivity contribution in [3.05, 3.63) is 29.8 Å². The summed E-state index contributed by atoms with van der Waals surface area (Å²) in [6.07, 6.45) is 2.17. The first kappa shape index (κ1) is 15.0. The molecule has 4 nitrogen and oxygen atoms in total. The summed E-state index contributed by atoms with van der Waals surface area (Å²) in [7, 11) is -2.22. The van der Waals surface area contributed by atoms with Crippen LogP contribution < -0.4 is 4.74 Å². The Morgan fingerprint density at radius 1 is 1.28 bits per heavy atom. The van der Waals surface area contributed by atoms with Crippen molar-refractivity contribution < 1.29 is 17.7 Å². The highest BCUT2D eigenvalue weighted by molar-refractivity contribution is 7.85. The van der Waals surface area contributed by atoms with E-state index in [0.29, 0.717) is 12.3 Å². The molecule has 1 rings (SSSR count). The minimum Gasteiger partial charge on any atom is -0.497 e. The maximum absolute atomic E-state index is 10.7. The first-order chi connectivity index (χ1) is 8.46. The maximum atomic E-state index is 10.7. The average Bonchev–Trinajstić information content (AvgIpc) is 2.34. The molecule has 0 amide bonds. The van der Waals surface area contributed by atoms with E-state index < -0.39 is 10.1 Å². The van der Waals surface area contributed by atoms with Gasteiger partial charge in [-0.05, 0) is 42.9 Å². The molecule has 0 bridgehead atoms. The molecule has 0 saturated carbocycles. The van der Waals surface area contributed by atoms with Crippen LogP contribution in [0.1, 0.15) is 37.7 Å². The summed E-state index contributed by atoms with van der Waals surface area (Å²) in [5.74, 6) is 0.962. The zero-order valence-electron chi connectivity index (χ0n) is 10.8. The van der Waals surface area contributed by atoms with Crippen LogP contribution >= 0.6 is 0 Å². The molecule has 5 heteroatoms. The van der Waals surface area contributed by atoms with E-state index in [4.69, 9.17) is 9.29 Å². The fraction of sp³-hybridized carbons (Fsp3) is 0.538. The van der Waals surface area contributed by atoms with Gasteiger partial charge < -0.3 is 4.74 Å². The van der Waals surface area contributed by atoms with Crippen molar-refractivity contribution in [1.29, 1.82) is 0 Å². The summed E-state index contributed by atoms with van der Waals surface area (Å²) < 4.78 is 35.1. The zero-order valence-corrected chi connectivity index (χ0v) is 11.6. The average molecular weight is 272 g/mol. The van der Waals surface area contributed by atoms with Crippen LogP contribution in [0.4, 0.5) is 0 Å². The normalized spacial score (nSPS) is 13.3. The van der Waals surface area contributed by atoms with Crippen molar-refractivity contribution in [3.8, 4) is 5.75 Å². The van der Waals surface area contributed by atoms with Crippen molar-refractivity contribution in [1.82, 2.24) is 0 Å². The molecule has 0 aliphatic carbocycles. The summed E-state index contributed by atoms with van der Waals surface area (Å²) in [5.41, 5.74) is 1.17. The van der Waals surface area contributed by atoms with Gasteiger partial charge in [-0.25, -0.2) is 0 Å². The Bertz CT molecular complexity index is 450. The Labute approximate surface area is 109 Å². The topological polar surface area (TPSA) is 63.6 Å². The molecule has 0 heterocycles. The lowest BCUT2D eigenvalue weighted by atomic mass is 9.92. The third-order valence-electron chi connectivity index (χ3n) is 3.03. The lowest BCUT2D eigenvalue weighted by Gasteiger charge is -2.15. The van der Waals surface area contributed by atoms with Gasteiger partial charge in [0.25, 0.3) is 10.1 Å². The molecular formula is C13H20O4S. The van der Waals surface area contributed by atoms with Crippen LogP contribution in [0.15, 0.2) is 24.3 Å². The van der Waals surface area contributed by atoms with Gasteiger partial charge in [0.15, 0.2) is 0 Å². The van der Waals surface area contributed by atoms with Crippen LogP contribution in [0.2, 0.25) is 0 Å². The van der Waals surface area contributed by atoms with Crippen LogP contribution in [0.5, 0.6) is 5.75 Å². The van der Waals surface area contributed by atoms with Gasteiger partial charge >= 0.3 is 0 Å². The van der Waals surface area contributed by atoms with E-state index >= 15 is 0 Å². The molecule has 1 aromatic rings. The van der Waals surface area contributed by atoms with Gasteiger partial charge in [0.1, 0.15) is 5.75 Å². The Kier molecular flexibility index (Phi) is 5.62. The Morgan fingerprint density at radius 3 is 2.33 bits per heavy atom. The summed E-state index contributed by atoms with van der Waals surface area (Å²) in [4.78, 5) is 0. The number of hydrogen-bond acceptors (Lipinski definition) is 3. The minimum absolute atomic E-state index is 0.167. The van der Waals surface area contributed by atoms with E-state index in [1.807, 2.05) is 24.3 Å². The molecule has 0 fully saturated rings. The predicted molar refractivity (Wildman–Crippen MR) is 71.7 cm³/mol. The molecule has 1 aromatic carbocycles. The molecule has 1 atom stereocenters. The second-order valence-corrected chi connectivity index (χ2v) is 5.88. The van der Waals surface area contributed by atoms with Gasteiger partial charge in [0, 0.05) is 0 Å². The molecule has 1 unspecified atom stereocenters. The highest BCUT2D eigenvalue weighted by atomic mass is 32.2. The highest BCUT2D eigenvalue weighted by Crippen LogP contribution is 2.26. The summed E-state index contributed by atoms with van der Waals surface area (Å²) >= 11 is 0. The predicted octanol–water partition coefficient (Wildman–Crippen LogP) is 2.86. The third-order valence-corrected chi connectivity index (χ3v) is 3.84. The molecule has 102 valence electrons. The van der Waals surface area contributed by atoms with Gasteiger partial charge in [-0.2, -0.15) is 8.42 Å². The molecule has 0 aliphatic rings. The van der Waals surface area contributed by atoms with Crippen molar-refractivity contribution >= 4 is 10.1 Å². The molecule has 0 aliphatic heterocycles. The smallest absolute Gasteiger partial charge is 0.264 e. The van der Waals surface area contributed by atoms with E-state index in [1.165, 1.54) is 5.56 Å². The molecule has 1 N–H and O–H groups in total. The molecular weight excluding hydrogens is 252 g/mol. The number of ether oxygens (including phenoxy) is 1. The SMILES string of the molecule is CCC(CCCS(=O)(=O)O)c1ccc(OC)cc1. The van der Waals surface area contributed by atoms with Crippen LogP contribution in [-0.2, 0) is 10.1 Å². The first-order valence-electron chi connectivity index (χ1n) is 6.05. The Balaban J connectivity index is 2.59. The second-order valence-electron chi connectivity index (χ2n) is 4.31. The second kappa shape index (κ2) is 6.75. The zero-order chi connectivity index (χ0) is 13.6. The van der Waals surface area contributed by atoms with E-state index in [-0.39, 0.29) is 5.75 Å². The van der Waals surface area contributed by atoms with E-state index in [1.54, 1.807) is 7.11 Å². The summed E-state index contributed by atoms with van der Waals surface area (Å²) in [6, 6.07) is 7.81. The lowest BCUT2D eigenvalue weighted by molar-refractivity contribution is 0.414. The Hall–Kier alpha value is -1.07. The summed E-state index contributed by atoms with van der Waals surface area (Å²) in [6.45, 7) is 2.07. The molecule has 18 heavy (non-hydrogen) atoms. The Morgan fingerprint density at radius 2 is 1.89 bits per heavy atom. The quantitative estimate of drug-likeness (QED) is 0.775. The van der Waals surface area contributed by atoms with E-state index in [2.05, 4.69) is 6.92 Å². The third kappa shape index (κ3) is 5.06. The largest absolute Gasteiger partial charge is 0.497 e. The fourth-order valence-electron chi connectivity index (χ4n) is 1.99. The van der Waals surface area contributed by atoms with Gasteiger partial charge in [0.2, 0.25) is 0 Å². The number of benzene rings is 1. The number of rotatable bonds is 7. The van der Waals surface area contributed by atoms with Crippen molar-refractivity contribution in [2.75, 3.05) is 12.9 Å². The molecule has 0 spiro atoms. The van der Waals surface area contributed by atoms with Crippen molar-refractivity contribution in [3.63, 3.8) is 0 Å². The first-order valence-corrected chi connectivity index (χ1v) is 7.66. The van der Waals surface area contributed by atoms with Crippen LogP contribution in [0.3, 0.4) is 0 Å². The van der Waals surface area contributed by atoms with Crippen molar-refractivity contribution in [2.24, 2.45) is 0 Å². The lowest BCUT2D eigenvalue weighted by Crippen LogP contribution is -2.06. The van der Waals surface area contributed by atoms with E-state index in [0.717, 1.165) is 18.6 Å². The van der Waals surface area contributed by atoms with Crippen LogP contribution in [0, 0.1) is 0 Å². The van der Waals surface area contributed by atoms with Gasteiger partial charge in [-0.3, -0.25) is 4.55 Å². The monoisotopic (exact) mass is 272 g/mol. The van der Waals surface area contributed by atoms with Crippen LogP contribution in [-0.4, -0.2) is 25.8 Å².